The van der Waals surface area contributed by atoms with E-state index in [0.29, 0.717) is 24.0 Å². The predicted octanol–water partition coefficient (Wildman–Crippen LogP) is 5.06. The number of carbonyl (C=O) groups is 2. The smallest absolute Gasteiger partial charge is 0.261 e. The zero-order valence-electron chi connectivity index (χ0n) is 20.9. The molecule has 0 radical (unpaired) electrons. The Morgan fingerprint density at radius 3 is 2.35 bits per heavy atom. The van der Waals surface area contributed by atoms with Crippen molar-refractivity contribution in [1.29, 1.82) is 0 Å². The molecule has 1 N–H and O–H groups in total. The summed E-state index contributed by atoms with van der Waals surface area (Å²) in [5, 5.41) is 3.15. The highest BCUT2D eigenvalue weighted by molar-refractivity contribution is 5.88. The van der Waals surface area contributed by atoms with Crippen molar-refractivity contribution in [2.45, 2.75) is 77.4 Å². The summed E-state index contributed by atoms with van der Waals surface area (Å²) < 4.78 is 11.1. The van der Waals surface area contributed by atoms with Crippen molar-refractivity contribution in [2.24, 2.45) is 0 Å². The van der Waals surface area contributed by atoms with E-state index in [1.54, 1.807) is 18.9 Å². The summed E-state index contributed by atoms with van der Waals surface area (Å²) in [6.07, 6.45) is 5.48. The maximum Gasteiger partial charge on any atom is 0.261 e. The molecule has 0 aromatic heterocycles. The summed E-state index contributed by atoms with van der Waals surface area (Å²) in [7, 11) is 1.61. The Labute approximate surface area is 203 Å². The molecule has 184 valence electrons. The van der Waals surface area contributed by atoms with Crippen LogP contribution in [0.25, 0.3) is 0 Å². The van der Waals surface area contributed by atoms with Gasteiger partial charge in [0.2, 0.25) is 5.91 Å². The van der Waals surface area contributed by atoms with Crippen molar-refractivity contribution in [2.75, 3.05) is 13.7 Å². The van der Waals surface area contributed by atoms with Crippen molar-refractivity contribution in [3.8, 4) is 11.5 Å². The first-order valence-corrected chi connectivity index (χ1v) is 12.3. The molecule has 0 spiro atoms. The number of methoxy groups -OCH3 is 1. The number of carbonyl (C=O) groups excluding carboxylic acids is 2. The first-order chi connectivity index (χ1) is 16.4. The minimum atomic E-state index is -0.618. The van der Waals surface area contributed by atoms with Gasteiger partial charge in [0.15, 0.2) is 6.61 Å². The summed E-state index contributed by atoms with van der Waals surface area (Å²) in [6.45, 7) is 6.22. The molecule has 34 heavy (non-hydrogen) atoms. The maximum atomic E-state index is 13.3. The standard InChI is InChI=1S/C28H38N2O4/c1-20(2)23-13-15-25(16-14-23)34-19-27(31)30(18-22-9-8-12-26(17-22)33-4)21(3)28(32)29-24-10-6-5-7-11-24/h8-9,12-17,20-21,24H,5-7,10-11,18-19H2,1-4H3,(H,29,32). The van der Waals surface area contributed by atoms with Crippen molar-refractivity contribution >= 4 is 11.8 Å². The van der Waals surface area contributed by atoms with Gasteiger partial charge in [0.1, 0.15) is 17.5 Å². The number of nitrogens with one attached hydrogen (secondary N) is 1. The monoisotopic (exact) mass is 466 g/mol. The number of ether oxygens (including phenoxy) is 2. The van der Waals surface area contributed by atoms with Crippen molar-refractivity contribution in [3.05, 3.63) is 59.7 Å². The molecule has 6 nitrogen and oxygen atoms in total. The van der Waals surface area contributed by atoms with Gasteiger partial charge < -0.3 is 19.7 Å². The molecule has 1 aliphatic rings. The van der Waals surface area contributed by atoms with E-state index >= 15 is 0 Å². The van der Waals surface area contributed by atoms with Crippen molar-refractivity contribution < 1.29 is 19.1 Å². The molecule has 1 unspecified atom stereocenters. The lowest BCUT2D eigenvalue weighted by atomic mass is 9.95. The van der Waals surface area contributed by atoms with Gasteiger partial charge >= 0.3 is 0 Å². The second kappa shape index (κ2) is 12.4. The van der Waals surface area contributed by atoms with E-state index in [-0.39, 0.29) is 24.5 Å². The lowest BCUT2D eigenvalue weighted by molar-refractivity contribution is -0.142. The first-order valence-electron chi connectivity index (χ1n) is 12.3. The Morgan fingerprint density at radius 2 is 1.71 bits per heavy atom. The summed E-state index contributed by atoms with van der Waals surface area (Å²) >= 11 is 0. The van der Waals surface area contributed by atoms with Crippen LogP contribution in [0.3, 0.4) is 0 Å². The second-order valence-electron chi connectivity index (χ2n) is 9.41. The quantitative estimate of drug-likeness (QED) is 0.531. The van der Waals surface area contributed by atoms with Crippen molar-refractivity contribution in [1.82, 2.24) is 10.2 Å². The molecule has 1 atom stereocenters. The van der Waals surface area contributed by atoms with E-state index in [4.69, 9.17) is 9.47 Å². The first kappa shape index (κ1) is 25.6. The van der Waals surface area contributed by atoms with Crippen molar-refractivity contribution in [3.63, 3.8) is 0 Å². The van der Waals surface area contributed by atoms with Crippen LogP contribution >= 0.6 is 0 Å². The largest absolute Gasteiger partial charge is 0.497 e. The molecular weight excluding hydrogens is 428 g/mol. The average Bonchev–Trinajstić information content (AvgIpc) is 2.86. The lowest BCUT2D eigenvalue weighted by Gasteiger charge is -2.31. The number of hydrogen-bond donors (Lipinski definition) is 1. The van der Waals surface area contributed by atoms with E-state index in [0.717, 1.165) is 31.2 Å². The van der Waals surface area contributed by atoms with Gasteiger partial charge in [0.05, 0.1) is 7.11 Å². The molecule has 0 aliphatic heterocycles. The fraction of sp³-hybridized carbons (Fsp3) is 0.500. The Morgan fingerprint density at radius 1 is 1.00 bits per heavy atom. The van der Waals surface area contributed by atoms with Gasteiger partial charge in [0.25, 0.3) is 5.91 Å². The van der Waals surface area contributed by atoms with Gasteiger partial charge in [-0.15, -0.1) is 0 Å². The van der Waals surface area contributed by atoms with Crippen LogP contribution in [-0.4, -0.2) is 42.5 Å². The number of nitrogens with zero attached hydrogens (tertiary/aromatic N) is 1. The third-order valence-electron chi connectivity index (χ3n) is 6.51. The SMILES string of the molecule is COc1cccc(CN(C(=O)COc2ccc(C(C)C)cc2)C(C)C(=O)NC2CCCCC2)c1. The van der Waals surface area contributed by atoms with Gasteiger partial charge in [0, 0.05) is 12.6 Å². The van der Waals surface area contributed by atoms with Gasteiger partial charge in [-0.05, 0) is 61.1 Å². The number of hydrogen-bond acceptors (Lipinski definition) is 4. The minimum Gasteiger partial charge on any atom is -0.497 e. The Bertz CT molecular complexity index is 936. The van der Waals surface area contributed by atoms with Gasteiger partial charge in [-0.1, -0.05) is 57.4 Å². The van der Waals surface area contributed by atoms with Crippen LogP contribution < -0.4 is 14.8 Å². The fourth-order valence-electron chi connectivity index (χ4n) is 4.30. The maximum absolute atomic E-state index is 13.3. The molecule has 1 aliphatic carbocycles. The third kappa shape index (κ3) is 7.24. The van der Waals surface area contributed by atoms with Gasteiger partial charge in [-0.2, -0.15) is 0 Å². The minimum absolute atomic E-state index is 0.121. The third-order valence-corrected chi connectivity index (χ3v) is 6.51. The second-order valence-corrected chi connectivity index (χ2v) is 9.41. The van der Waals surface area contributed by atoms with E-state index in [9.17, 15) is 9.59 Å². The van der Waals surface area contributed by atoms with Crippen LogP contribution in [0.15, 0.2) is 48.5 Å². The van der Waals surface area contributed by atoms with Crippen LogP contribution in [0.2, 0.25) is 0 Å². The molecule has 0 saturated heterocycles. The highest BCUT2D eigenvalue weighted by atomic mass is 16.5. The molecule has 2 aromatic rings. The number of benzene rings is 2. The zero-order chi connectivity index (χ0) is 24.5. The summed E-state index contributed by atoms with van der Waals surface area (Å²) in [5.41, 5.74) is 2.11. The van der Waals surface area contributed by atoms with Crippen LogP contribution in [0.1, 0.15) is 69.9 Å². The summed E-state index contributed by atoms with van der Waals surface area (Å²) in [5.74, 6) is 1.42. The molecule has 0 heterocycles. The zero-order valence-corrected chi connectivity index (χ0v) is 20.9. The van der Waals surface area contributed by atoms with Crippen LogP contribution in [0.4, 0.5) is 0 Å². The summed E-state index contributed by atoms with van der Waals surface area (Å²) in [6, 6.07) is 14.9. The number of rotatable bonds is 10. The molecule has 1 fully saturated rings. The Kier molecular flexibility index (Phi) is 9.37. The normalized spacial score (nSPS) is 15.0. The average molecular weight is 467 g/mol. The van der Waals surface area contributed by atoms with E-state index in [2.05, 4.69) is 19.2 Å². The van der Waals surface area contributed by atoms with Gasteiger partial charge in [-0.25, -0.2) is 0 Å². The predicted molar refractivity (Wildman–Crippen MR) is 134 cm³/mol. The molecule has 0 bridgehead atoms. The highest BCUT2D eigenvalue weighted by Crippen LogP contribution is 2.21. The van der Waals surface area contributed by atoms with E-state index in [1.807, 2.05) is 48.5 Å². The molecule has 2 amide bonds. The molecule has 2 aromatic carbocycles. The molecule has 6 heteroatoms. The molecule has 1 saturated carbocycles. The topological polar surface area (TPSA) is 67.9 Å². The van der Waals surface area contributed by atoms with Gasteiger partial charge in [-0.3, -0.25) is 9.59 Å². The number of amides is 2. The van der Waals surface area contributed by atoms with E-state index in [1.165, 1.54) is 12.0 Å². The van der Waals surface area contributed by atoms with Crippen LogP contribution in [0, 0.1) is 0 Å². The van der Waals surface area contributed by atoms with E-state index < -0.39 is 6.04 Å². The highest BCUT2D eigenvalue weighted by Gasteiger charge is 2.28. The Balaban J connectivity index is 1.70. The summed E-state index contributed by atoms with van der Waals surface area (Å²) in [4.78, 5) is 27.9. The van der Waals surface area contributed by atoms with Crippen LogP contribution in [-0.2, 0) is 16.1 Å². The van der Waals surface area contributed by atoms with Crippen LogP contribution in [0.5, 0.6) is 11.5 Å². The fourth-order valence-corrected chi connectivity index (χ4v) is 4.30. The molecular formula is C28H38N2O4. The lowest BCUT2D eigenvalue weighted by Crippen LogP contribution is -2.51. The Hall–Kier alpha value is -3.02. The molecule has 3 rings (SSSR count).